The van der Waals surface area contributed by atoms with Crippen LogP contribution in [0.15, 0.2) is 24.3 Å². The molecule has 2 unspecified atom stereocenters. The first-order valence-electron chi connectivity index (χ1n) is 22.1. The smallest absolute Gasteiger partial charge is 0.458 e. The van der Waals surface area contributed by atoms with Gasteiger partial charge < -0.3 is 18.9 Å². The molecule has 0 aliphatic heterocycles. The average molecular weight is 787 g/mol. The summed E-state index contributed by atoms with van der Waals surface area (Å²) in [6.45, 7) is 4.27. The number of hydrogen-bond donors (Lipinski definition) is 1. The van der Waals surface area contributed by atoms with Gasteiger partial charge >= 0.3 is 19.8 Å². The van der Waals surface area contributed by atoms with Gasteiger partial charge in [-0.05, 0) is 25.7 Å². The van der Waals surface area contributed by atoms with E-state index >= 15 is 0 Å². The molecule has 0 radical (unpaired) electrons. The van der Waals surface area contributed by atoms with Crippen molar-refractivity contribution in [2.24, 2.45) is 0 Å². The Hall–Kier alpha value is -1.51. The SMILES string of the molecule is CCCCCCCCCCCCCCC/C=C\C(=O)OCC(COP(=O)(O)OCC[N+](C)(C)C)OC(=O)/C=C\CCCCCCCCCCCCCCC. The van der Waals surface area contributed by atoms with Gasteiger partial charge in [0.1, 0.15) is 19.8 Å². The molecule has 0 saturated heterocycles. The van der Waals surface area contributed by atoms with Crippen molar-refractivity contribution in [1.82, 2.24) is 0 Å². The van der Waals surface area contributed by atoms with Crippen LogP contribution in [0.25, 0.3) is 0 Å². The average Bonchev–Trinajstić information content (AvgIpc) is 3.12. The van der Waals surface area contributed by atoms with Crippen molar-refractivity contribution >= 4 is 19.8 Å². The third-order valence-electron chi connectivity index (χ3n) is 9.59. The van der Waals surface area contributed by atoms with Crippen molar-refractivity contribution in [1.29, 1.82) is 0 Å². The standard InChI is InChI=1S/C44H84NO8P/c1-6-8-10-12-14-16-18-20-22-24-26-28-30-32-34-36-43(46)50-40-42(41-52-54(48,49)51-39-38-45(3,4)5)53-44(47)37-35-33-31-29-27-25-23-21-19-17-15-13-11-9-7-2/h34-37,42H,6-33,38-41H2,1-5H3/p+1/b36-34-,37-35-. The lowest BCUT2D eigenvalue weighted by atomic mass is 10.0. The number of rotatable bonds is 40. The summed E-state index contributed by atoms with van der Waals surface area (Å²) in [5, 5.41) is 0. The Morgan fingerprint density at radius 3 is 1.31 bits per heavy atom. The molecule has 10 heteroatoms. The van der Waals surface area contributed by atoms with Crippen LogP contribution in [0.3, 0.4) is 0 Å². The number of esters is 2. The maximum Gasteiger partial charge on any atom is 0.472 e. The quantitative estimate of drug-likeness (QED) is 0.0215. The lowest BCUT2D eigenvalue weighted by Crippen LogP contribution is -2.37. The molecule has 0 fully saturated rings. The highest BCUT2D eigenvalue weighted by Crippen LogP contribution is 2.43. The van der Waals surface area contributed by atoms with Crippen LogP contribution in [0.1, 0.15) is 194 Å². The zero-order valence-electron chi connectivity index (χ0n) is 35.7. The van der Waals surface area contributed by atoms with Gasteiger partial charge in [-0.15, -0.1) is 0 Å². The number of carbonyl (C=O) groups excluding carboxylic acids is 2. The van der Waals surface area contributed by atoms with Gasteiger partial charge in [-0.25, -0.2) is 14.2 Å². The van der Waals surface area contributed by atoms with E-state index in [1.165, 1.54) is 153 Å². The molecule has 2 atom stereocenters. The highest BCUT2D eigenvalue weighted by Gasteiger charge is 2.26. The van der Waals surface area contributed by atoms with Crippen LogP contribution in [0.4, 0.5) is 0 Å². The second-order valence-electron chi connectivity index (χ2n) is 16.2. The first-order valence-corrected chi connectivity index (χ1v) is 23.6. The normalized spacial score (nSPS) is 13.8. The van der Waals surface area contributed by atoms with E-state index in [0.29, 0.717) is 11.0 Å². The summed E-state index contributed by atoms with van der Waals surface area (Å²) in [5.74, 6) is -1.18. The number of allylic oxidation sites excluding steroid dienone is 2. The number of ether oxygens (including phenoxy) is 2. The molecule has 0 rings (SSSR count). The molecule has 318 valence electrons. The molecule has 0 amide bonds. The van der Waals surface area contributed by atoms with Gasteiger partial charge in [0.15, 0.2) is 6.10 Å². The number of quaternary nitrogens is 1. The van der Waals surface area contributed by atoms with E-state index in [0.717, 1.165) is 38.5 Å². The zero-order valence-corrected chi connectivity index (χ0v) is 36.6. The molecule has 0 aromatic heterocycles. The molecule has 0 aromatic carbocycles. The molecule has 0 spiro atoms. The Balaban J connectivity index is 4.45. The van der Waals surface area contributed by atoms with Crippen molar-refractivity contribution < 1.29 is 42.1 Å². The van der Waals surface area contributed by atoms with Crippen molar-refractivity contribution in [2.45, 2.75) is 200 Å². The number of nitrogens with zero attached hydrogens (tertiary/aromatic N) is 1. The summed E-state index contributed by atoms with van der Waals surface area (Å²) in [5.41, 5.74) is 0. The number of phosphoric ester groups is 1. The van der Waals surface area contributed by atoms with Crippen molar-refractivity contribution in [3.63, 3.8) is 0 Å². The summed E-state index contributed by atoms with van der Waals surface area (Å²) in [4.78, 5) is 35.1. The van der Waals surface area contributed by atoms with E-state index in [1.54, 1.807) is 12.2 Å². The maximum atomic E-state index is 12.6. The van der Waals surface area contributed by atoms with E-state index < -0.39 is 32.5 Å². The van der Waals surface area contributed by atoms with Crippen LogP contribution < -0.4 is 0 Å². The molecule has 0 saturated carbocycles. The van der Waals surface area contributed by atoms with Crippen LogP contribution in [0.5, 0.6) is 0 Å². The van der Waals surface area contributed by atoms with E-state index in [2.05, 4.69) is 13.8 Å². The van der Waals surface area contributed by atoms with Gasteiger partial charge in [-0.2, -0.15) is 0 Å². The summed E-state index contributed by atoms with van der Waals surface area (Å²) in [7, 11) is 1.43. The van der Waals surface area contributed by atoms with Crippen molar-refractivity contribution in [2.75, 3.05) is 47.5 Å². The van der Waals surface area contributed by atoms with Crippen LogP contribution in [0.2, 0.25) is 0 Å². The molecule has 1 N–H and O–H groups in total. The van der Waals surface area contributed by atoms with Crippen LogP contribution in [-0.2, 0) is 32.7 Å². The third kappa shape index (κ3) is 40.2. The number of hydrogen-bond acceptors (Lipinski definition) is 7. The minimum atomic E-state index is -4.40. The van der Waals surface area contributed by atoms with E-state index in [9.17, 15) is 19.0 Å². The number of unbranched alkanes of at least 4 members (excludes halogenated alkanes) is 26. The highest BCUT2D eigenvalue weighted by atomic mass is 31.2. The molecule has 9 nitrogen and oxygen atoms in total. The maximum absolute atomic E-state index is 12.6. The van der Waals surface area contributed by atoms with Crippen LogP contribution >= 0.6 is 7.82 Å². The molecule has 0 aliphatic carbocycles. The molecule has 54 heavy (non-hydrogen) atoms. The Labute approximate surface area is 332 Å². The van der Waals surface area contributed by atoms with Crippen LogP contribution in [0, 0.1) is 0 Å². The lowest BCUT2D eigenvalue weighted by Gasteiger charge is -2.24. The Morgan fingerprint density at radius 2 is 0.926 bits per heavy atom. The predicted molar refractivity (Wildman–Crippen MR) is 224 cm³/mol. The summed E-state index contributed by atoms with van der Waals surface area (Å²) in [6, 6.07) is 0. The second-order valence-corrected chi connectivity index (χ2v) is 17.6. The Morgan fingerprint density at radius 1 is 0.556 bits per heavy atom. The topological polar surface area (TPSA) is 108 Å². The summed E-state index contributed by atoms with van der Waals surface area (Å²) >= 11 is 0. The van der Waals surface area contributed by atoms with Gasteiger partial charge in [-0.1, -0.05) is 180 Å². The number of likely N-dealkylation sites (N-methyl/N-ethyl adjacent to an activating group) is 1. The van der Waals surface area contributed by atoms with Gasteiger partial charge in [0, 0.05) is 12.2 Å². The minimum Gasteiger partial charge on any atom is -0.458 e. The fraction of sp³-hybridized carbons (Fsp3) is 0.864. The largest absolute Gasteiger partial charge is 0.472 e. The second kappa shape index (κ2) is 37.1. The monoisotopic (exact) mass is 787 g/mol. The van der Waals surface area contributed by atoms with Gasteiger partial charge in [0.25, 0.3) is 0 Å². The van der Waals surface area contributed by atoms with E-state index in [1.807, 2.05) is 21.1 Å². The fourth-order valence-corrected chi connectivity index (χ4v) is 6.85. The van der Waals surface area contributed by atoms with Crippen LogP contribution in [-0.4, -0.2) is 74.9 Å². The summed E-state index contributed by atoms with van der Waals surface area (Å²) < 4.78 is 34.0. The molecule has 0 aliphatic rings. The number of carbonyl (C=O) groups is 2. The van der Waals surface area contributed by atoms with Gasteiger partial charge in [0.2, 0.25) is 0 Å². The zero-order chi connectivity index (χ0) is 40.0. The Kier molecular flexibility index (Phi) is 36.1. The number of phosphoric acid groups is 1. The van der Waals surface area contributed by atoms with Crippen molar-refractivity contribution in [3.05, 3.63) is 24.3 Å². The van der Waals surface area contributed by atoms with Crippen molar-refractivity contribution in [3.8, 4) is 0 Å². The predicted octanol–water partition coefficient (Wildman–Crippen LogP) is 12.4. The summed E-state index contributed by atoms with van der Waals surface area (Å²) in [6.07, 6.45) is 40.3. The third-order valence-corrected chi connectivity index (χ3v) is 10.6. The minimum absolute atomic E-state index is 0.0166. The molecule has 0 heterocycles. The lowest BCUT2D eigenvalue weighted by molar-refractivity contribution is -0.870. The van der Waals surface area contributed by atoms with E-state index in [-0.39, 0.29) is 13.2 Å². The first-order chi connectivity index (χ1) is 26.0. The van der Waals surface area contributed by atoms with Gasteiger partial charge in [-0.3, -0.25) is 9.05 Å². The Bertz CT molecular complexity index is 980. The fourth-order valence-electron chi connectivity index (χ4n) is 6.11. The van der Waals surface area contributed by atoms with E-state index in [4.69, 9.17) is 18.5 Å². The first kappa shape index (κ1) is 52.5. The highest BCUT2D eigenvalue weighted by molar-refractivity contribution is 7.47. The molecule has 0 aromatic rings. The van der Waals surface area contributed by atoms with Gasteiger partial charge in [0.05, 0.1) is 27.7 Å². The molecular weight excluding hydrogens is 701 g/mol. The molecule has 0 bridgehead atoms. The molecular formula is C44H85NO8P+.